The van der Waals surface area contributed by atoms with E-state index in [0.717, 1.165) is 32.7 Å². The van der Waals surface area contributed by atoms with Crippen LogP contribution in [0.1, 0.15) is 32.6 Å². The molecule has 1 heterocycles. The highest BCUT2D eigenvalue weighted by Gasteiger charge is 2.28. The lowest BCUT2D eigenvalue weighted by atomic mass is 10.2. The number of urea groups is 1. The average Bonchev–Trinajstić information content (AvgIpc) is 2.85. The van der Waals surface area contributed by atoms with Gasteiger partial charge in [-0.3, -0.25) is 0 Å². The molecule has 2 fully saturated rings. The Balaban J connectivity index is 1.93. The highest BCUT2D eigenvalue weighted by atomic mass is 16.2. The van der Waals surface area contributed by atoms with E-state index >= 15 is 0 Å². The maximum atomic E-state index is 12.3. The van der Waals surface area contributed by atoms with Crippen LogP contribution >= 0.6 is 0 Å². The normalized spacial score (nSPS) is 22.4. The molecule has 0 aromatic rings. The maximum absolute atomic E-state index is 12.3. The minimum Gasteiger partial charge on any atom is -0.322 e. The summed E-state index contributed by atoms with van der Waals surface area (Å²) in [7, 11) is 0. The molecular weight excluding hydrogens is 202 g/mol. The van der Waals surface area contributed by atoms with E-state index in [9.17, 15) is 4.79 Å². The van der Waals surface area contributed by atoms with E-state index < -0.39 is 0 Å². The number of hydrogen-bond acceptors (Lipinski definition) is 2. The van der Waals surface area contributed by atoms with Crippen molar-refractivity contribution in [3.05, 3.63) is 0 Å². The summed E-state index contributed by atoms with van der Waals surface area (Å²) in [5, 5.41) is 3.28. The summed E-state index contributed by atoms with van der Waals surface area (Å²) in [6.45, 7) is 6.55. The standard InChI is InChI=1S/C12H23N3O/c1-2-15(11-5-3-4-6-11)12(16)14-9-7-13-8-10-14/h11,13H,2-10H2,1H3. The molecule has 4 heteroatoms. The number of hydrogen-bond donors (Lipinski definition) is 1. The molecule has 1 saturated carbocycles. The quantitative estimate of drug-likeness (QED) is 0.768. The van der Waals surface area contributed by atoms with Gasteiger partial charge in [-0.2, -0.15) is 0 Å². The summed E-state index contributed by atoms with van der Waals surface area (Å²) in [4.78, 5) is 16.4. The van der Waals surface area contributed by atoms with Gasteiger partial charge in [-0.1, -0.05) is 12.8 Å². The molecular formula is C12H23N3O. The van der Waals surface area contributed by atoms with Crippen LogP contribution in [-0.2, 0) is 0 Å². The predicted molar refractivity (Wildman–Crippen MR) is 64.5 cm³/mol. The first kappa shape index (κ1) is 11.7. The van der Waals surface area contributed by atoms with Crippen molar-refractivity contribution in [2.75, 3.05) is 32.7 Å². The summed E-state index contributed by atoms with van der Waals surface area (Å²) in [5.74, 6) is 0. The van der Waals surface area contributed by atoms with E-state index in [1.807, 2.05) is 4.90 Å². The van der Waals surface area contributed by atoms with Crippen LogP contribution in [-0.4, -0.2) is 54.6 Å². The van der Waals surface area contributed by atoms with E-state index in [1.54, 1.807) is 0 Å². The van der Waals surface area contributed by atoms with Gasteiger partial charge in [-0.15, -0.1) is 0 Å². The van der Waals surface area contributed by atoms with Crippen LogP contribution in [0, 0.1) is 0 Å². The lowest BCUT2D eigenvalue weighted by Crippen LogP contribution is -2.53. The van der Waals surface area contributed by atoms with Gasteiger partial charge in [0.15, 0.2) is 0 Å². The molecule has 0 radical (unpaired) electrons. The van der Waals surface area contributed by atoms with Crippen molar-refractivity contribution in [1.29, 1.82) is 0 Å². The van der Waals surface area contributed by atoms with Crippen LogP contribution in [0.2, 0.25) is 0 Å². The maximum Gasteiger partial charge on any atom is 0.320 e. The fraction of sp³-hybridized carbons (Fsp3) is 0.917. The molecule has 4 nitrogen and oxygen atoms in total. The number of amides is 2. The third-order valence-electron chi connectivity index (χ3n) is 3.74. The van der Waals surface area contributed by atoms with Gasteiger partial charge in [0.2, 0.25) is 0 Å². The average molecular weight is 225 g/mol. The molecule has 2 amide bonds. The number of carbonyl (C=O) groups excluding carboxylic acids is 1. The summed E-state index contributed by atoms with van der Waals surface area (Å²) in [5.41, 5.74) is 0. The summed E-state index contributed by atoms with van der Waals surface area (Å²) in [6.07, 6.45) is 4.98. The van der Waals surface area contributed by atoms with Gasteiger partial charge in [-0.25, -0.2) is 4.79 Å². The molecule has 0 aromatic carbocycles. The first-order valence-electron chi connectivity index (χ1n) is 6.59. The van der Waals surface area contributed by atoms with Crippen molar-refractivity contribution in [1.82, 2.24) is 15.1 Å². The summed E-state index contributed by atoms with van der Waals surface area (Å²) < 4.78 is 0. The zero-order valence-corrected chi connectivity index (χ0v) is 10.2. The minimum absolute atomic E-state index is 0.260. The van der Waals surface area contributed by atoms with Crippen LogP contribution < -0.4 is 5.32 Å². The topological polar surface area (TPSA) is 35.6 Å². The SMILES string of the molecule is CCN(C(=O)N1CCNCC1)C1CCCC1. The Kier molecular flexibility index (Phi) is 4.04. The lowest BCUT2D eigenvalue weighted by Gasteiger charge is -2.35. The van der Waals surface area contributed by atoms with E-state index in [2.05, 4.69) is 17.1 Å². The molecule has 0 spiro atoms. The fourth-order valence-corrected chi connectivity index (χ4v) is 2.80. The number of nitrogens with one attached hydrogen (secondary N) is 1. The van der Waals surface area contributed by atoms with Gasteiger partial charge in [0.05, 0.1) is 0 Å². The first-order chi connectivity index (χ1) is 7.83. The van der Waals surface area contributed by atoms with E-state index in [1.165, 1.54) is 25.7 Å². The summed E-state index contributed by atoms with van der Waals surface area (Å²) in [6, 6.07) is 0.767. The Bertz CT molecular complexity index is 232. The van der Waals surface area contributed by atoms with Crippen molar-refractivity contribution in [2.45, 2.75) is 38.6 Å². The van der Waals surface area contributed by atoms with Gasteiger partial charge in [-0.05, 0) is 19.8 Å². The second-order valence-electron chi connectivity index (χ2n) is 4.74. The third kappa shape index (κ3) is 2.48. The Hall–Kier alpha value is -0.770. The van der Waals surface area contributed by atoms with Crippen LogP contribution in [0.4, 0.5) is 4.79 Å². The van der Waals surface area contributed by atoms with Crippen LogP contribution in [0.15, 0.2) is 0 Å². The summed E-state index contributed by atoms with van der Waals surface area (Å²) >= 11 is 0. The zero-order valence-electron chi connectivity index (χ0n) is 10.2. The Morgan fingerprint density at radius 2 is 1.94 bits per heavy atom. The van der Waals surface area contributed by atoms with Gasteiger partial charge < -0.3 is 15.1 Å². The number of piperazine rings is 1. The zero-order chi connectivity index (χ0) is 11.4. The van der Waals surface area contributed by atoms with Crippen LogP contribution in [0.25, 0.3) is 0 Å². The number of carbonyl (C=O) groups is 1. The molecule has 2 rings (SSSR count). The van der Waals surface area contributed by atoms with Crippen LogP contribution in [0.5, 0.6) is 0 Å². The minimum atomic E-state index is 0.260. The highest BCUT2D eigenvalue weighted by Crippen LogP contribution is 2.24. The van der Waals surface area contributed by atoms with Gasteiger partial charge >= 0.3 is 6.03 Å². The van der Waals surface area contributed by atoms with E-state index in [4.69, 9.17) is 0 Å². The number of nitrogens with zero attached hydrogens (tertiary/aromatic N) is 2. The van der Waals surface area contributed by atoms with Gasteiger partial charge in [0.25, 0.3) is 0 Å². The molecule has 1 aliphatic heterocycles. The molecule has 0 bridgehead atoms. The van der Waals surface area contributed by atoms with Crippen molar-refractivity contribution in [3.8, 4) is 0 Å². The van der Waals surface area contributed by atoms with Crippen molar-refractivity contribution >= 4 is 6.03 Å². The smallest absolute Gasteiger partial charge is 0.320 e. The van der Waals surface area contributed by atoms with E-state index in [-0.39, 0.29) is 6.03 Å². The van der Waals surface area contributed by atoms with Crippen molar-refractivity contribution in [3.63, 3.8) is 0 Å². The molecule has 0 aromatic heterocycles. The Morgan fingerprint density at radius 3 is 2.50 bits per heavy atom. The van der Waals surface area contributed by atoms with E-state index in [0.29, 0.717) is 6.04 Å². The molecule has 2 aliphatic rings. The molecule has 92 valence electrons. The molecule has 0 unspecified atom stereocenters. The Labute approximate surface area is 98.0 Å². The second-order valence-corrected chi connectivity index (χ2v) is 4.74. The van der Waals surface area contributed by atoms with Gasteiger partial charge in [0, 0.05) is 38.8 Å². The monoisotopic (exact) mass is 225 g/mol. The lowest BCUT2D eigenvalue weighted by molar-refractivity contribution is 0.131. The van der Waals surface area contributed by atoms with Crippen LogP contribution in [0.3, 0.4) is 0 Å². The molecule has 1 aliphatic carbocycles. The third-order valence-corrected chi connectivity index (χ3v) is 3.74. The second kappa shape index (κ2) is 5.53. The molecule has 0 atom stereocenters. The van der Waals surface area contributed by atoms with Crippen molar-refractivity contribution in [2.24, 2.45) is 0 Å². The number of rotatable bonds is 2. The van der Waals surface area contributed by atoms with Crippen molar-refractivity contribution < 1.29 is 4.79 Å². The fourth-order valence-electron chi connectivity index (χ4n) is 2.80. The first-order valence-corrected chi connectivity index (χ1v) is 6.59. The molecule has 16 heavy (non-hydrogen) atoms. The predicted octanol–water partition coefficient (Wildman–Crippen LogP) is 1.28. The Morgan fingerprint density at radius 1 is 1.31 bits per heavy atom. The molecule has 1 N–H and O–H groups in total. The largest absolute Gasteiger partial charge is 0.322 e. The molecule has 1 saturated heterocycles. The van der Waals surface area contributed by atoms with Gasteiger partial charge in [0.1, 0.15) is 0 Å². The highest BCUT2D eigenvalue weighted by molar-refractivity contribution is 5.75.